The number of hydrogen-bond acceptors (Lipinski definition) is 5. The van der Waals surface area contributed by atoms with Crippen LogP contribution in [0.25, 0.3) is 0 Å². The van der Waals surface area contributed by atoms with Gasteiger partial charge in [0.2, 0.25) is 0 Å². The number of hydrazone groups is 1. The number of thiazole rings is 1. The number of urea groups is 1. The van der Waals surface area contributed by atoms with Crippen LogP contribution in [-0.2, 0) is 6.18 Å². The molecule has 0 saturated carbocycles. The van der Waals surface area contributed by atoms with E-state index in [9.17, 15) is 31.1 Å². The molecule has 184 valence electrons. The minimum absolute atomic E-state index is 0.0848. The molecule has 6 nitrogen and oxygen atoms in total. The molecule has 0 saturated heterocycles. The van der Waals surface area contributed by atoms with Crippen molar-refractivity contribution in [2.45, 2.75) is 18.5 Å². The number of ether oxygens (including phenoxy) is 1. The summed E-state index contributed by atoms with van der Waals surface area (Å²) in [5.74, 6) is -1.16. The molecule has 0 bridgehead atoms. The Balaban J connectivity index is 1.56. The van der Waals surface area contributed by atoms with Crippen LogP contribution in [0.3, 0.4) is 0 Å². The Hall–Kier alpha value is -3.32. The van der Waals surface area contributed by atoms with Gasteiger partial charge >= 0.3 is 18.6 Å². The van der Waals surface area contributed by atoms with Crippen LogP contribution in [-0.4, -0.2) is 34.6 Å². The molecule has 4 rings (SSSR count). The fourth-order valence-electron chi connectivity index (χ4n) is 3.24. The van der Waals surface area contributed by atoms with E-state index in [0.717, 1.165) is 23.3 Å². The van der Waals surface area contributed by atoms with Crippen molar-refractivity contribution in [3.63, 3.8) is 0 Å². The van der Waals surface area contributed by atoms with Gasteiger partial charge in [0.05, 0.1) is 18.2 Å². The molecular formula is C21H13ClF6N4O2S. The van der Waals surface area contributed by atoms with E-state index in [1.165, 1.54) is 12.1 Å². The molecule has 35 heavy (non-hydrogen) atoms. The molecule has 1 unspecified atom stereocenters. The quantitative estimate of drug-likeness (QED) is 0.377. The van der Waals surface area contributed by atoms with E-state index in [2.05, 4.69) is 20.1 Å². The number of aromatic nitrogens is 1. The van der Waals surface area contributed by atoms with Crippen LogP contribution in [0.15, 0.2) is 59.8 Å². The number of carbonyl (C=O) groups is 1. The highest BCUT2D eigenvalue weighted by molar-refractivity contribution is 7.12. The number of amides is 2. The summed E-state index contributed by atoms with van der Waals surface area (Å²) in [6.07, 6.45) is -8.37. The number of nitrogens with one attached hydrogen (secondary N) is 1. The lowest BCUT2D eigenvalue weighted by Crippen LogP contribution is -2.30. The maximum absolute atomic E-state index is 13.1. The average Bonchev–Trinajstić information content (AvgIpc) is 3.42. The predicted molar refractivity (Wildman–Crippen MR) is 117 cm³/mol. The summed E-state index contributed by atoms with van der Waals surface area (Å²) < 4.78 is 79.9. The molecule has 0 aliphatic carbocycles. The molecule has 1 aliphatic heterocycles. The second-order valence-corrected chi connectivity index (χ2v) is 8.69. The summed E-state index contributed by atoms with van der Waals surface area (Å²) >= 11 is 6.38. The van der Waals surface area contributed by atoms with E-state index in [-0.39, 0.29) is 17.1 Å². The van der Waals surface area contributed by atoms with Crippen molar-refractivity contribution in [1.82, 2.24) is 9.99 Å². The summed E-state index contributed by atoms with van der Waals surface area (Å²) in [7, 11) is 0. The molecule has 2 heterocycles. The zero-order valence-electron chi connectivity index (χ0n) is 17.2. The number of hydrogen-bond donors (Lipinski definition) is 1. The molecular weight excluding hydrogens is 522 g/mol. The summed E-state index contributed by atoms with van der Waals surface area (Å²) in [5.41, 5.74) is 1.04. The molecule has 14 heteroatoms. The Morgan fingerprint density at radius 3 is 2.29 bits per heavy atom. The number of alkyl halides is 6. The summed E-state index contributed by atoms with van der Waals surface area (Å²) in [5, 5.41) is 7.23. The van der Waals surface area contributed by atoms with Crippen LogP contribution >= 0.6 is 22.9 Å². The smallest absolute Gasteiger partial charge is 0.406 e. The first kappa shape index (κ1) is 24.8. The first-order valence-corrected chi connectivity index (χ1v) is 10.9. The first-order chi connectivity index (χ1) is 16.4. The normalized spacial score (nSPS) is 16.3. The lowest BCUT2D eigenvalue weighted by molar-refractivity contribution is -0.274. The van der Waals surface area contributed by atoms with E-state index >= 15 is 0 Å². The van der Waals surface area contributed by atoms with E-state index in [0.29, 0.717) is 27.6 Å². The van der Waals surface area contributed by atoms with Crippen molar-refractivity contribution in [2.75, 3.05) is 11.9 Å². The second-order valence-electron chi connectivity index (χ2n) is 7.19. The Labute approximate surface area is 202 Å². The Morgan fingerprint density at radius 2 is 1.71 bits per heavy atom. The number of rotatable bonds is 4. The summed E-state index contributed by atoms with van der Waals surface area (Å²) in [6, 6.07) is 10.1. The van der Waals surface area contributed by atoms with E-state index in [1.807, 2.05) is 0 Å². The lowest BCUT2D eigenvalue weighted by Gasteiger charge is -2.15. The third kappa shape index (κ3) is 6.03. The molecule has 2 aromatic carbocycles. The van der Waals surface area contributed by atoms with Crippen molar-refractivity contribution in [2.24, 2.45) is 5.10 Å². The van der Waals surface area contributed by atoms with Crippen LogP contribution in [0, 0.1) is 0 Å². The van der Waals surface area contributed by atoms with Gasteiger partial charge in [-0.3, -0.25) is 0 Å². The number of nitrogens with zero attached hydrogens (tertiary/aromatic N) is 3. The molecule has 0 spiro atoms. The second kappa shape index (κ2) is 9.38. The van der Waals surface area contributed by atoms with Gasteiger partial charge in [-0.25, -0.2) is 14.8 Å². The van der Waals surface area contributed by atoms with Crippen LogP contribution in [0.4, 0.5) is 36.8 Å². The fourth-order valence-corrected chi connectivity index (χ4v) is 4.24. The van der Waals surface area contributed by atoms with Crippen molar-refractivity contribution < 1.29 is 35.9 Å². The maximum atomic E-state index is 13.1. The largest absolute Gasteiger partial charge is 0.573 e. The van der Waals surface area contributed by atoms with E-state index in [1.54, 1.807) is 24.3 Å². The van der Waals surface area contributed by atoms with E-state index in [4.69, 9.17) is 11.6 Å². The third-order valence-corrected chi connectivity index (χ3v) is 6.14. The van der Waals surface area contributed by atoms with Crippen LogP contribution < -0.4 is 10.1 Å². The van der Waals surface area contributed by atoms with Gasteiger partial charge in [0.25, 0.3) is 0 Å². The molecule has 1 atom stereocenters. The predicted octanol–water partition coefficient (Wildman–Crippen LogP) is 6.75. The molecule has 1 N–H and O–H groups in total. The minimum Gasteiger partial charge on any atom is -0.406 e. The molecule has 1 aliphatic rings. The molecule has 3 aromatic rings. The molecule has 2 amide bonds. The molecule has 0 radical (unpaired) electrons. The van der Waals surface area contributed by atoms with Crippen molar-refractivity contribution >= 4 is 40.4 Å². The third-order valence-electron chi connectivity index (χ3n) is 4.74. The maximum Gasteiger partial charge on any atom is 0.573 e. The van der Waals surface area contributed by atoms with Crippen molar-refractivity contribution in [1.29, 1.82) is 0 Å². The standard InChI is InChI=1S/C21H13ClF6N4O2S/c22-12-3-1-11(2-4-12)17-15(16-9-29-18(35-16)20(23,24)25)10-32(31-17)19(33)30-13-5-7-14(8-6-13)34-21(26,27)28/h1-9,15H,10H2,(H,30,33). The number of benzene rings is 2. The van der Waals surface area contributed by atoms with Crippen LogP contribution in [0.2, 0.25) is 5.02 Å². The van der Waals surface area contributed by atoms with Crippen molar-refractivity contribution in [3.8, 4) is 5.75 Å². The van der Waals surface area contributed by atoms with Gasteiger partial charge in [0, 0.05) is 21.8 Å². The van der Waals surface area contributed by atoms with Crippen LogP contribution in [0.1, 0.15) is 21.4 Å². The Bertz CT molecular complexity index is 1240. The topological polar surface area (TPSA) is 66.8 Å². The van der Waals surface area contributed by atoms with Crippen molar-refractivity contribution in [3.05, 3.63) is 75.2 Å². The zero-order chi connectivity index (χ0) is 25.4. The minimum atomic E-state index is -4.86. The lowest BCUT2D eigenvalue weighted by atomic mass is 9.96. The highest BCUT2D eigenvalue weighted by Gasteiger charge is 2.38. The van der Waals surface area contributed by atoms with Gasteiger partial charge in [-0.05, 0) is 42.0 Å². The monoisotopic (exact) mass is 534 g/mol. The summed E-state index contributed by atoms with van der Waals surface area (Å²) in [4.78, 5) is 16.5. The number of halogens is 7. The summed E-state index contributed by atoms with van der Waals surface area (Å²) in [6.45, 7) is -0.0848. The molecule has 0 fully saturated rings. The van der Waals surface area contributed by atoms with E-state index < -0.39 is 35.2 Å². The Morgan fingerprint density at radius 1 is 1.06 bits per heavy atom. The number of anilines is 1. The average molecular weight is 535 g/mol. The fraction of sp³-hybridized carbons (Fsp3) is 0.190. The Kier molecular flexibility index (Phi) is 6.64. The highest BCUT2D eigenvalue weighted by Crippen LogP contribution is 2.38. The van der Waals surface area contributed by atoms with Gasteiger partial charge in [-0.2, -0.15) is 18.3 Å². The molecule has 1 aromatic heterocycles. The van der Waals surface area contributed by atoms with Gasteiger partial charge in [-0.15, -0.1) is 24.5 Å². The van der Waals surface area contributed by atoms with Gasteiger partial charge < -0.3 is 10.1 Å². The highest BCUT2D eigenvalue weighted by atomic mass is 35.5. The number of carbonyl (C=O) groups excluding carboxylic acids is 1. The van der Waals surface area contributed by atoms with Gasteiger partial charge in [0.1, 0.15) is 5.75 Å². The van der Waals surface area contributed by atoms with Crippen LogP contribution in [0.5, 0.6) is 5.75 Å². The zero-order valence-corrected chi connectivity index (χ0v) is 18.8. The SMILES string of the molecule is O=C(Nc1ccc(OC(F)(F)F)cc1)N1CC(c2cnc(C(F)(F)F)s2)C(c2ccc(Cl)cc2)=N1. The van der Waals surface area contributed by atoms with Gasteiger partial charge in [-0.1, -0.05) is 23.7 Å². The first-order valence-electron chi connectivity index (χ1n) is 9.71. The van der Waals surface area contributed by atoms with Gasteiger partial charge in [0.15, 0.2) is 5.01 Å².